The quantitative estimate of drug-likeness (QED) is 0.0768. The molecule has 2 aromatic carbocycles. The summed E-state index contributed by atoms with van der Waals surface area (Å²) < 4.78 is 26.3. The van der Waals surface area contributed by atoms with Crippen LogP contribution < -0.4 is 14.2 Å². The van der Waals surface area contributed by atoms with Crippen molar-refractivity contribution in [1.29, 1.82) is 0 Å². The van der Waals surface area contributed by atoms with Crippen molar-refractivity contribution in [2.45, 2.75) is 64.7 Å². The van der Waals surface area contributed by atoms with Gasteiger partial charge in [-0.3, -0.25) is 0 Å². The molecule has 0 bridgehead atoms. The first-order chi connectivity index (χ1) is 19.8. The van der Waals surface area contributed by atoms with Crippen LogP contribution in [-0.2, 0) is 19.1 Å². The number of esters is 3. The van der Waals surface area contributed by atoms with Crippen LogP contribution >= 0.6 is 0 Å². The Balaban J connectivity index is 1.61. The molecule has 8 heteroatoms. The van der Waals surface area contributed by atoms with E-state index in [2.05, 4.69) is 11.3 Å². The van der Waals surface area contributed by atoms with Crippen LogP contribution in [0, 0.1) is 0 Å². The number of hydrogen-bond donors (Lipinski definition) is 0. The highest BCUT2D eigenvalue weighted by Crippen LogP contribution is 2.29. The molecule has 0 aliphatic carbocycles. The van der Waals surface area contributed by atoms with Gasteiger partial charge in [-0.25, -0.2) is 14.4 Å². The summed E-state index contributed by atoms with van der Waals surface area (Å²) in [7, 11) is 2.78. The van der Waals surface area contributed by atoms with Crippen molar-refractivity contribution >= 4 is 24.0 Å². The van der Waals surface area contributed by atoms with E-state index in [9.17, 15) is 14.4 Å². The Kier molecular flexibility index (Phi) is 15.4. The molecule has 0 aromatic heterocycles. The summed E-state index contributed by atoms with van der Waals surface area (Å²) in [5, 5.41) is 0. The minimum atomic E-state index is -0.515. The Morgan fingerprint density at radius 3 is 1.98 bits per heavy atom. The minimum absolute atomic E-state index is 0.273. The SMILES string of the molecule is C=C(C)C(=O)OCCCCCCCCCCCOc1ccc(C(=O)Oc2ccc(/C=C/C(=O)OC)cc2OC)cc1. The normalized spacial score (nSPS) is 10.7. The first-order valence-electron chi connectivity index (χ1n) is 14.1. The van der Waals surface area contributed by atoms with E-state index in [-0.39, 0.29) is 11.7 Å². The molecule has 0 atom stereocenters. The van der Waals surface area contributed by atoms with Crippen LogP contribution in [0.5, 0.6) is 17.2 Å². The molecule has 0 fully saturated rings. The standard InChI is InChI=1S/C33H42O8/c1-25(2)32(35)40-23-13-11-9-7-5-6-8-10-12-22-39-28-18-16-27(17-19-28)33(36)41-29-20-14-26(24-30(29)37-3)15-21-31(34)38-4/h14-21,24H,1,5-13,22-23H2,2-4H3/b21-15+. The van der Waals surface area contributed by atoms with Gasteiger partial charge in [0.1, 0.15) is 5.75 Å². The van der Waals surface area contributed by atoms with E-state index in [4.69, 9.17) is 18.9 Å². The highest BCUT2D eigenvalue weighted by Gasteiger charge is 2.13. The molecule has 0 N–H and O–H groups in total. The monoisotopic (exact) mass is 566 g/mol. The van der Waals surface area contributed by atoms with E-state index in [1.165, 1.54) is 46.0 Å². The number of carbonyl (C=O) groups is 3. The molecule has 0 saturated carbocycles. The first-order valence-corrected chi connectivity index (χ1v) is 14.1. The van der Waals surface area contributed by atoms with Gasteiger partial charge in [0, 0.05) is 11.6 Å². The second-order valence-electron chi connectivity index (χ2n) is 9.63. The third-order valence-electron chi connectivity index (χ3n) is 6.23. The van der Waals surface area contributed by atoms with Crippen molar-refractivity contribution in [1.82, 2.24) is 0 Å². The zero-order valence-electron chi connectivity index (χ0n) is 24.4. The van der Waals surface area contributed by atoms with Gasteiger partial charge in [0.15, 0.2) is 11.5 Å². The van der Waals surface area contributed by atoms with E-state index >= 15 is 0 Å². The molecular weight excluding hydrogens is 524 g/mol. The fraction of sp³-hybridized carbons (Fsp3) is 0.424. The molecule has 0 radical (unpaired) electrons. The average molecular weight is 567 g/mol. The molecule has 0 aliphatic rings. The summed E-state index contributed by atoms with van der Waals surface area (Å²) in [5.41, 5.74) is 1.53. The summed E-state index contributed by atoms with van der Waals surface area (Å²) in [6.07, 6.45) is 12.9. The van der Waals surface area contributed by atoms with E-state index in [0.29, 0.717) is 41.4 Å². The van der Waals surface area contributed by atoms with Gasteiger partial charge in [0.25, 0.3) is 0 Å². The molecule has 222 valence electrons. The van der Waals surface area contributed by atoms with Crippen LogP contribution in [0.4, 0.5) is 0 Å². The van der Waals surface area contributed by atoms with Crippen molar-refractivity contribution in [2.24, 2.45) is 0 Å². The van der Waals surface area contributed by atoms with Gasteiger partial charge in [-0.15, -0.1) is 0 Å². The fourth-order valence-electron chi connectivity index (χ4n) is 3.87. The Labute approximate surface area is 243 Å². The Morgan fingerprint density at radius 1 is 0.780 bits per heavy atom. The summed E-state index contributed by atoms with van der Waals surface area (Å²) in [5.74, 6) is 0.0520. The van der Waals surface area contributed by atoms with Crippen LogP contribution in [-0.4, -0.2) is 45.3 Å². The third kappa shape index (κ3) is 13.2. The zero-order valence-corrected chi connectivity index (χ0v) is 24.4. The lowest BCUT2D eigenvalue weighted by Gasteiger charge is -2.11. The molecule has 0 aliphatic heterocycles. The van der Waals surface area contributed by atoms with Crippen LogP contribution in [0.3, 0.4) is 0 Å². The predicted molar refractivity (Wildman–Crippen MR) is 158 cm³/mol. The average Bonchev–Trinajstić information content (AvgIpc) is 2.98. The maximum Gasteiger partial charge on any atom is 0.343 e. The van der Waals surface area contributed by atoms with Gasteiger partial charge in [-0.1, -0.05) is 57.6 Å². The van der Waals surface area contributed by atoms with Crippen molar-refractivity contribution in [3.63, 3.8) is 0 Å². The van der Waals surface area contributed by atoms with E-state index in [0.717, 1.165) is 32.1 Å². The van der Waals surface area contributed by atoms with Gasteiger partial charge in [-0.05, 0) is 67.8 Å². The lowest BCUT2D eigenvalue weighted by molar-refractivity contribution is -0.139. The lowest BCUT2D eigenvalue weighted by atomic mass is 10.1. The van der Waals surface area contributed by atoms with Crippen molar-refractivity contribution < 1.29 is 38.1 Å². The number of unbranched alkanes of at least 4 members (excludes halogenated alkanes) is 8. The summed E-state index contributed by atoms with van der Waals surface area (Å²) in [6, 6.07) is 11.8. The smallest absolute Gasteiger partial charge is 0.343 e. The van der Waals surface area contributed by atoms with Crippen molar-refractivity contribution in [2.75, 3.05) is 27.4 Å². The molecule has 8 nitrogen and oxygen atoms in total. The lowest BCUT2D eigenvalue weighted by Crippen LogP contribution is -2.09. The Bertz CT molecular complexity index is 1150. The second kappa shape index (κ2) is 19.1. The van der Waals surface area contributed by atoms with E-state index in [1.54, 1.807) is 55.5 Å². The number of methoxy groups -OCH3 is 2. The highest BCUT2D eigenvalue weighted by atomic mass is 16.6. The minimum Gasteiger partial charge on any atom is -0.494 e. The summed E-state index contributed by atoms with van der Waals surface area (Å²) in [6.45, 7) is 6.33. The maximum atomic E-state index is 12.6. The van der Waals surface area contributed by atoms with E-state index < -0.39 is 11.9 Å². The number of carbonyl (C=O) groups excluding carboxylic acids is 3. The number of benzene rings is 2. The predicted octanol–water partition coefficient (Wildman–Crippen LogP) is 7.11. The second-order valence-corrected chi connectivity index (χ2v) is 9.63. The zero-order chi connectivity index (χ0) is 29.9. The molecule has 0 amide bonds. The van der Waals surface area contributed by atoms with Crippen LogP contribution in [0.15, 0.2) is 60.7 Å². The van der Waals surface area contributed by atoms with Gasteiger partial charge < -0.3 is 23.7 Å². The van der Waals surface area contributed by atoms with Gasteiger partial charge in [0.05, 0.1) is 33.0 Å². The maximum absolute atomic E-state index is 12.6. The Morgan fingerprint density at radius 2 is 1.39 bits per heavy atom. The van der Waals surface area contributed by atoms with Gasteiger partial charge in [0.2, 0.25) is 0 Å². The summed E-state index contributed by atoms with van der Waals surface area (Å²) >= 11 is 0. The topological polar surface area (TPSA) is 97.4 Å². The first kappa shape index (κ1) is 33.1. The molecule has 0 spiro atoms. The van der Waals surface area contributed by atoms with Crippen molar-refractivity contribution in [3.05, 3.63) is 71.8 Å². The molecule has 0 heterocycles. The third-order valence-corrected chi connectivity index (χ3v) is 6.23. The molecule has 2 rings (SSSR count). The fourth-order valence-corrected chi connectivity index (χ4v) is 3.87. The number of hydrogen-bond acceptors (Lipinski definition) is 8. The van der Waals surface area contributed by atoms with Gasteiger partial charge in [-0.2, -0.15) is 0 Å². The van der Waals surface area contributed by atoms with Gasteiger partial charge >= 0.3 is 17.9 Å². The number of ether oxygens (including phenoxy) is 5. The van der Waals surface area contributed by atoms with Crippen LogP contribution in [0.25, 0.3) is 6.08 Å². The largest absolute Gasteiger partial charge is 0.494 e. The number of rotatable bonds is 19. The Hall–Kier alpha value is -4.07. The highest BCUT2D eigenvalue weighted by molar-refractivity contribution is 5.91. The molecular formula is C33H42O8. The molecule has 0 saturated heterocycles. The van der Waals surface area contributed by atoms with E-state index in [1.807, 2.05) is 0 Å². The molecule has 0 unspecified atom stereocenters. The van der Waals surface area contributed by atoms with Crippen LogP contribution in [0.2, 0.25) is 0 Å². The van der Waals surface area contributed by atoms with Crippen molar-refractivity contribution in [3.8, 4) is 17.2 Å². The summed E-state index contributed by atoms with van der Waals surface area (Å²) in [4.78, 5) is 35.2. The molecule has 2 aromatic rings. The van der Waals surface area contributed by atoms with Crippen LogP contribution in [0.1, 0.15) is 80.6 Å². The molecule has 41 heavy (non-hydrogen) atoms.